The number of fused-ring (bicyclic) bond motifs is 7. The normalized spacial score (nSPS) is 12.4. The second-order valence-corrected chi connectivity index (χ2v) is 17.2. The van der Waals surface area contributed by atoms with Crippen molar-refractivity contribution in [2.45, 2.75) is 99.3 Å². The topological polar surface area (TPSA) is 0 Å². The Morgan fingerprint density at radius 2 is 1.24 bits per heavy atom. The Labute approximate surface area is 331 Å². The summed E-state index contributed by atoms with van der Waals surface area (Å²) >= 11 is 0.415. The third-order valence-electron chi connectivity index (χ3n) is 10.7. The van der Waals surface area contributed by atoms with Crippen LogP contribution >= 0.6 is 0 Å². The van der Waals surface area contributed by atoms with E-state index >= 15 is 0 Å². The number of hydrogen-bond acceptors (Lipinski definition) is 0. The Balaban J connectivity index is 0.000000193. The third kappa shape index (κ3) is 8.60. The zero-order valence-electron chi connectivity index (χ0n) is 33.6. The fraction of sp³-hybridized carbons (Fsp3) is 0.283. The number of hydrogen-bond donors (Lipinski definition) is 0. The Hall–Kier alpha value is -4.42. The minimum Gasteiger partial charge on any atom is -0.0761 e. The van der Waals surface area contributed by atoms with E-state index in [9.17, 15) is 0 Å². The molecule has 1 aromatic heterocycles. The second-order valence-electron chi connectivity index (χ2n) is 15.0. The maximum absolute atomic E-state index is 2.40. The van der Waals surface area contributed by atoms with Gasteiger partial charge in [-0.3, -0.25) is 0 Å². The van der Waals surface area contributed by atoms with Crippen LogP contribution in [0.5, 0.6) is 0 Å². The first kappa shape index (κ1) is 39.3. The summed E-state index contributed by atoms with van der Waals surface area (Å²) in [4.78, 5) is 0. The average molecular weight is 774 g/mol. The van der Waals surface area contributed by atoms with Gasteiger partial charge in [0.05, 0.1) is 0 Å². The van der Waals surface area contributed by atoms with Crippen LogP contribution in [0.25, 0.3) is 47.1 Å². The molecular weight excluding hydrogens is 716 g/mol. The summed E-state index contributed by atoms with van der Waals surface area (Å²) in [5, 5.41) is 2.93. The van der Waals surface area contributed by atoms with Gasteiger partial charge in [-0.25, -0.2) is 0 Å². The Kier molecular flexibility index (Phi) is 13.6. The predicted octanol–water partition coefficient (Wildman–Crippen LogP) is 15.5. The molecule has 1 atom stereocenters. The van der Waals surface area contributed by atoms with Gasteiger partial charge in [0, 0.05) is 0 Å². The monoisotopic (exact) mass is 774 g/mol. The van der Waals surface area contributed by atoms with Crippen molar-refractivity contribution in [3.05, 3.63) is 172 Å². The number of rotatable bonds is 9. The van der Waals surface area contributed by atoms with Gasteiger partial charge in [0.1, 0.15) is 0 Å². The first-order valence-electron chi connectivity index (χ1n) is 20.4. The SMILES string of the molecule is CCC.CCCC(C)c1ccccc1-c1ccc2c(c1C)Cc1c-2ccc2c1[se]c1ccccc12.CCCC/C=C(/c1ccccc1)c1ccc(C)cc1. The van der Waals surface area contributed by atoms with Crippen LogP contribution in [0.2, 0.25) is 0 Å². The summed E-state index contributed by atoms with van der Waals surface area (Å²) < 4.78 is 3.15. The van der Waals surface area contributed by atoms with Gasteiger partial charge in [0.2, 0.25) is 0 Å². The van der Waals surface area contributed by atoms with Crippen molar-refractivity contribution < 1.29 is 0 Å². The molecular formula is C53H58Se. The predicted molar refractivity (Wildman–Crippen MR) is 240 cm³/mol. The van der Waals surface area contributed by atoms with Crippen LogP contribution in [-0.2, 0) is 6.42 Å². The van der Waals surface area contributed by atoms with E-state index in [-0.39, 0.29) is 0 Å². The van der Waals surface area contributed by atoms with E-state index in [2.05, 4.69) is 182 Å². The van der Waals surface area contributed by atoms with E-state index in [1.165, 1.54) is 108 Å². The van der Waals surface area contributed by atoms with Crippen molar-refractivity contribution in [3.8, 4) is 22.3 Å². The van der Waals surface area contributed by atoms with Gasteiger partial charge in [0.25, 0.3) is 0 Å². The van der Waals surface area contributed by atoms with Gasteiger partial charge in [-0.05, 0) is 30.0 Å². The molecule has 0 nitrogen and oxygen atoms in total. The zero-order chi connectivity index (χ0) is 38.0. The fourth-order valence-corrected chi connectivity index (χ4v) is 10.6. The maximum Gasteiger partial charge on any atom is -0.0151 e. The summed E-state index contributed by atoms with van der Waals surface area (Å²) in [6, 6.07) is 47.1. The Morgan fingerprint density at radius 1 is 0.611 bits per heavy atom. The molecule has 1 heteroatoms. The molecule has 6 aromatic carbocycles. The van der Waals surface area contributed by atoms with Gasteiger partial charge in [-0.15, -0.1) is 0 Å². The van der Waals surface area contributed by atoms with E-state index in [1.807, 2.05) is 0 Å². The molecule has 1 heterocycles. The molecule has 8 rings (SSSR count). The van der Waals surface area contributed by atoms with Crippen molar-refractivity contribution in [2.75, 3.05) is 0 Å². The Morgan fingerprint density at radius 3 is 1.98 bits per heavy atom. The van der Waals surface area contributed by atoms with Gasteiger partial charge in [-0.1, -0.05) is 106 Å². The van der Waals surface area contributed by atoms with Crippen LogP contribution in [0, 0.1) is 13.8 Å². The van der Waals surface area contributed by atoms with E-state index in [4.69, 9.17) is 0 Å². The third-order valence-corrected chi connectivity index (χ3v) is 13.4. The van der Waals surface area contributed by atoms with Crippen LogP contribution in [0.15, 0.2) is 133 Å². The first-order chi connectivity index (χ1) is 26.4. The number of unbranched alkanes of at least 4 members (excludes halogenated alkanes) is 2. The minimum absolute atomic E-state index is 0.415. The van der Waals surface area contributed by atoms with Crippen LogP contribution in [0.3, 0.4) is 0 Å². The largest absolute Gasteiger partial charge is 0.0761 e. The molecule has 0 bridgehead atoms. The number of aryl methyl sites for hydroxylation is 1. The van der Waals surface area contributed by atoms with E-state index in [0.29, 0.717) is 20.4 Å². The van der Waals surface area contributed by atoms with Crippen molar-refractivity contribution in [1.29, 1.82) is 0 Å². The number of allylic oxidation sites excluding steroid dienone is 1. The van der Waals surface area contributed by atoms with Crippen molar-refractivity contribution >= 4 is 39.4 Å². The molecule has 0 fully saturated rings. The van der Waals surface area contributed by atoms with E-state index in [0.717, 1.165) is 12.8 Å². The summed E-state index contributed by atoms with van der Waals surface area (Å²) in [6.45, 7) is 15.6. The fourth-order valence-electron chi connectivity index (χ4n) is 7.94. The first-order valence-corrected chi connectivity index (χ1v) is 22.1. The zero-order valence-corrected chi connectivity index (χ0v) is 35.4. The molecule has 0 amide bonds. The maximum atomic E-state index is 2.40. The van der Waals surface area contributed by atoms with Crippen molar-refractivity contribution in [1.82, 2.24) is 0 Å². The summed E-state index contributed by atoms with van der Waals surface area (Å²) in [5.74, 6) is 0.588. The summed E-state index contributed by atoms with van der Waals surface area (Å²) in [6.07, 6.45) is 10.8. The van der Waals surface area contributed by atoms with Crippen LogP contribution in [0.1, 0.15) is 118 Å². The van der Waals surface area contributed by atoms with Gasteiger partial charge >= 0.3 is 197 Å². The van der Waals surface area contributed by atoms with Gasteiger partial charge < -0.3 is 0 Å². The molecule has 0 N–H and O–H groups in total. The standard InChI is InChI=1S/C31H28Se.C19H22.C3H8/c1-4-9-19(2)21-10-5-6-11-23(21)22-14-15-24-25-16-17-27-26-12-7-8-13-30(26)32-31(27)29(25)18-28(24)20(22)3;1-3-4-6-11-19(17-9-7-5-8-10-17)18-14-12-16(2)13-15-18;1-3-2/h5-8,10-17,19H,4,9,18H2,1-3H3;5,7-15H,3-4,6H2,1-2H3;3H2,1-2H3/b;19-11-;. The van der Waals surface area contributed by atoms with Crippen LogP contribution < -0.4 is 0 Å². The quantitative estimate of drug-likeness (QED) is 0.101. The Bertz CT molecular complexity index is 2320. The smallest absolute Gasteiger partial charge is 0.0151 e. The van der Waals surface area contributed by atoms with E-state index in [1.54, 1.807) is 9.82 Å². The molecule has 1 aliphatic rings. The molecule has 0 aliphatic heterocycles. The number of benzene rings is 6. The summed E-state index contributed by atoms with van der Waals surface area (Å²) in [7, 11) is 0. The molecule has 0 saturated carbocycles. The van der Waals surface area contributed by atoms with Crippen molar-refractivity contribution in [3.63, 3.8) is 0 Å². The van der Waals surface area contributed by atoms with Gasteiger partial charge in [-0.2, -0.15) is 0 Å². The molecule has 1 unspecified atom stereocenters. The summed E-state index contributed by atoms with van der Waals surface area (Å²) in [5.41, 5.74) is 17.1. The van der Waals surface area contributed by atoms with E-state index < -0.39 is 0 Å². The molecule has 0 radical (unpaired) electrons. The molecule has 276 valence electrons. The second kappa shape index (κ2) is 18.8. The van der Waals surface area contributed by atoms with Crippen LogP contribution in [0.4, 0.5) is 0 Å². The molecule has 1 aliphatic carbocycles. The molecule has 54 heavy (non-hydrogen) atoms. The molecule has 0 spiro atoms. The van der Waals surface area contributed by atoms with Crippen molar-refractivity contribution in [2.24, 2.45) is 0 Å². The average Bonchev–Trinajstić information content (AvgIpc) is 3.78. The minimum atomic E-state index is 0.415. The van der Waals surface area contributed by atoms with Gasteiger partial charge in [0.15, 0.2) is 0 Å². The van der Waals surface area contributed by atoms with Crippen LogP contribution in [-0.4, -0.2) is 14.5 Å². The molecule has 7 aromatic rings. The molecule has 0 saturated heterocycles.